The molecule has 0 aromatic heterocycles. The molecule has 0 aliphatic heterocycles. The summed E-state index contributed by atoms with van der Waals surface area (Å²) < 4.78 is 0. The Balaban J connectivity index is 1.48. The van der Waals surface area contributed by atoms with Crippen LogP contribution in [0.3, 0.4) is 0 Å². The minimum atomic E-state index is -0.0578. The van der Waals surface area contributed by atoms with Gasteiger partial charge in [-0.2, -0.15) is 0 Å². The maximum absolute atomic E-state index is 12.5. The molecule has 0 radical (unpaired) electrons. The summed E-state index contributed by atoms with van der Waals surface area (Å²) in [5, 5.41) is 5.39. The summed E-state index contributed by atoms with van der Waals surface area (Å²) in [5.74, 6) is -0.0578. The summed E-state index contributed by atoms with van der Waals surface area (Å²) >= 11 is 0. The first-order chi connectivity index (χ1) is 12.8. The molecule has 2 heteroatoms. The first-order valence-electron chi connectivity index (χ1n) is 8.71. The second-order valence-corrected chi connectivity index (χ2v) is 6.26. The van der Waals surface area contributed by atoms with Crippen molar-refractivity contribution in [2.75, 3.05) is 0 Å². The Bertz CT molecular complexity index is 1030. The van der Waals surface area contributed by atoms with E-state index >= 15 is 0 Å². The SMILES string of the molecule is O=C(NCc1cccc2ccccc12)c1ccc(-c2ccccc2)cc1. The molecular weight excluding hydrogens is 318 g/mol. The van der Waals surface area contributed by atoms with Crippen LogP contribution in [0.15, 0.2) is 97.1 Å². The number of fused-ring (bicyclic) bond motifs is 1. The van der Waals surface area contributed by atoms with Gasteiger partial charge in [0.05, 0.1) is 0 Å². The zero-order chi connectivity index (χ0) is 17.8. The van der Waals surface area contributed by atoms with Gasteiger partial charge >= 0.3 is 0 Å². The van der Waals surface area contributed by atoms with E-state index in [1.807, 2.05) is 60.7 Å². The molecule has 4 aromatic carbocycles. The van der Waals surface area contributed by atoms with Crippen molar-refractivity contribution in [1.82, 2.24) is 5.32 Å². The Morgan fingerprint density at radius 3 is 2.12 bits per heavy atom. The van der Waals surface area contributed by atoms with Gasteiger partial charge < -0.3 is 5.32 Å². The Hall–Kier alpha value is -3.39. The normalized spacial score (nSPS) is 10.6. The van der Waals surface area contributed by atoms with E-state index in [4.69, 9.17) is 0 Å². The predicted octanol–water partition coefficient (Wildman–Crippen LogP) is 5.44. The van der Waals surface area contributed by atoms with E-state index < -0.39 is 0 Å². The molecule has 0 saturated heterocycles. The fourth-order valence-corrected chi connectivity index (χ4v) is 3.17. The summed E-state index contributed by atoms with van der Waals surface area (Å²) in [6.45, 7) is 0.515. The average molecular weight is 337 g/mol. The van der Waals surface area contributed by atoms with Crippen molar-refractivity contribution < 1.29 is 4.79 Å². The molecule has 0 saturated carbocycles. The number of nitrogens with one attached hydrogen (secondary N) is 1. The zero-order valence-corrected chi connectivity index (χ0v) is 14.4. The number of carbonyl (C=O) groups is 1. The first kappa shape index (κ1) is 16.1. The first-order valence-corrected chi connectivity index (χ1v) is 8.71. The molecule has 0 atom stereocenters. The van der Waals surface area contributed by atoms with Gasteiger partial charge in [-0.05, 0) is 39.6 Å². The Labute approximate surface area is 153 Å². The monoisotopic (exact) mass is 337 g/mol. The third kappa shape index (κ3) is 3.35. The summed E-state index contributed by atoms with van der Waals surface area (Å²) in [5.41, 5.74) is 4.05. The average Bonchev–Trinajstić information content (AvgIpc) is 2.73. The molecule has 4 aromatic rings. The van der Waals surface area contributed by atoms with Crippen molar-refractivity contribution in [1.29, 1.82) is 0 Å². The van der Waals surface area contributed by atoms with E-state index in [2.05, 4.69) is 41.7 Å². The van der Waals surface area contributed by atoms with Gasteiger partial charge in [0.1, 0.15) is 0 Å². The fourth-order valence-electron chi connectivity index (χ4n) is 3.17. The molecule has 0 unspecified atom stereocenters. The van der Waals surface area contributed by atoms with E-state index in [0.29, 0.717) is 12.1 Å². The topological polar surface area (TPSA) is 29.1 Å². The summed E-state index contributed by atoms with van der Waals surface area (Å²) in [6, 6.07) is 32.3. The standard InChI is InChI=1S/C24H19NO/c26-24(21-15-13-19(14-16-21)18-7-2-1-3-8-18)25-17-22-11-6-10-20-9-4-5-12-23(20)22/h1-16H,17H2,(H,25,26). The predicted molar refractivity (Wildman–Crippen MR) is 107 cm³/mol. The van der Waals surface area contributed by atoms with Crippen molar-refractivity contribution >= 4 is 16.7 Å². The van der Waals surface area contributed by atoms with E-state index in [9.17, 15) is 4.79 Å². The zero-order valence-electron chi connectivity index (χ0n) is 14.4. The molecule has 0 bridgehead atoms. The molecule has 0 spiro atoms. The van der Waals surface area contributed by atoms with E-state index in [1.54, 1.807) is 0 Å². The molecule has 26 heavy (non-hydrogen) atoms. The number of hydrogen-bond acceptors (Lipinski definition) is 1. The highest BCUT2D eigenvalue weighted by Crippen LogP contribution is 2.20. The van der Waals surface area contributed by atoms with Crippen LogP contribution in [-0.4, -0.2) is 5.91 Å². The smallest absolute Gasteiger partial charge is 0.251 e. The third-order valence-corrected chi connectivity index (χ3v) is 4.57. The maximum atomic E-state index is 12.5. The second-order valence-electron chi connectivity index (χ2n) is 6.26. The molecule has 0 fully saturated rings. The number of carbonyl (C=O) groups excluding carboxylic acids is 1. The lowest BCUT2D eigenvalue weighted by Crippen LogP contribution is -2.22. The molecule has 126 valence electrons. The molecule has 0 aliphatic carbocycles. The van der Waals surface area contributed by atoms with Crippen molar-refractivity contribution in [2.45, 2.75) is 6.54 Å². The maximum Gasteiger partial charge on any atom is 0.251 e. The minimum absolute atomic E-state index is 0.0578. The van der Waals surface area contributed by atoms with Crippen LogP contribution in [0.1, 0.15) is 15.9 Å². The van der Waals surface area contributed by atoms with Gasteiger partial charge in [0.15, 0.2) is 0 Å². The van der Waals surface area contributed by atoms with Crippen LogP contribution in [0, 0.1) is 0 Å². The number of amides is 1. The molecule has 2 nitrogen and oxygen atoms in total. The second kappa shape index (κ2) is 7.24. The highest BCUT2D eigenvalue weighted by Gasteiger charge is 2.07. The molecule has 4 rings (SSSR count). The van der Waals surface area contributed by atoms with Gasteiger partial charge in [0, 0.05) is 12.1 Å². The van der Waals surface area contributed by atoms with Crippen LogP contribution in [-0.2, 0) is 6.54 Å². The molecule has 1 amide bonds. The minimum Gasteiger partial charge on any atom is -0.348 e. The number of hydrogen-bond donors (Lipinski definition) is 1. The Kier molecular flexibility index (Phi) is 4.48. The van der Waals surface area contributed by atoms with Gasteiger partial charge in [-0.1, -0.05) is 84.9 Å². The lowest BCUT2D eigenvalue weighted by Gasteiger charge is -2.09. The van der Waals surface area contributed by atoms with Crippen LogP contribution in [0.2, 0.25) is 0 Å². The van der Waals surface area contributed by atoms with Gasteiger partial charge in [0.25, 0.3) is 5.91 Å². The highest BCUT2D eigenvalue weighted by molar-refractivity contribution is 5.95. The fraction of sp³-hybridized carbons (Fsp3) is 0.0417. The van der Waals surface area contributed by atoms with E-state index in [1.165, 1.54) is 10.8 Å². The third-order valence-electron chi connectivity index (χ3n) is 4.57. The molecule has 1 N–H and O–H groups in total. The van der Waals surface area contributed by atoms with Gasteiger partial charge in [-0.25, -0.2) is 0 Å². The molecular formula is C24H19NO. The van der Waals surface area contributed by atoms with Crippen molar-refractivity contribution in [2.24, 2.45) is 0 Å². The lowest BCUT2D eigenvalue weighted by atomic mass is 10.0. The quantitative estimate of drug-likeness (QED) is 0.528. The van der Waals surface area contributed by atoms with Gasteiger partial charge in [-0.3, -0.25) is 4.79 Å². The van der Waals surface area contributed by atoms with Gasteiger partial charge in [0.2, 0.25) is 0 Å². The van der Waals surface area contributed by atoms with Gasteiger partial charge in [-0.15, -0.1) is 0 Å². The Morgan fingerprint density at radius 1 is 0.654 bits per heavy atom. The van der Waals surface area contributed by atoms with Crippen LogP contribution in [0.5, 0.6) is 0 Å². The number of benzene rings is 4. The summed E-state index contributed by atoms with van der Waals surface area (Å²) in [7, 11) is 0. The van der Waals surface area contributed by atoms with Crippen molar-refractivity contribution in [3.63, 3.8) is 0 Å². The van der Waals surface area contributed by atoms with Crippen LogP contribution < -0.4 is 5.32 Å². The van der Waals surface area contributed by atoms with E-state index in [0.717, 1.165) is 16.7 Å². The highest BCUT2D eigenvalue weighted by atomic mass is 16.1. The van der Waals surface area contributed by atoms with Crippen molar-refractivity contribution in [3.8, 4) is 11.1 Å². The summed E-state index contributed by atoms with van der Waals surface area (Å²) in [4.78, 5) is 12.5. The van der Waals surface area contributed by atoms with Crippen molar-refractivity contribution in [3.05, 3.63) is 108 Å². The number of rotatable bonds is 4. The molecule has 0 heterocycles. The molecule has 0 aliphatic rings. The summed E-state index contributed by atoms with van der Waals surface area (Å²) in [6.07, 6.45) is 0. The lowest BCUT2D eigenvalue weighted by molar-refractivity contribution is 0.0951. The van der Waals surface area contributed by atoms with E-state index in [-0.39, 0.29) is 5.91 Å². The largest absolute Gasteiger partial charge is 0.348 e. The van der Waals surface area contributed by atoms with Crippen LogP contribution in [0.4, 0.5) is 0 Å². The van der Waals surface area contributed by atoms with Crippen LogP contribution >= 0.6 is 0 Å². The Morgan fingerprint density at radius 2 is 1.31 bits per heavy atom. The van der Waals surface area contributed by atoms with Crippen LogP contribution in [0.25, 0.3) is 21.9 Å².